The van der Waals surface area contributed by atoms with Crippen molar-refractivity contribution in [2.45, 2.75) is 50.6 Å². The predicted octanol–water partition coefficient (Wildman–Crippen LogP) is 3.07. The minimum atomic E-state index is -0.145. The summed E-state index contributed by atoms with van der Waals surface area (Å²) in [5, 5.41) is 3.49. The fraction of sp³-hybridized carbons (Fsp3) is 0.611. The number of carbonyl (C=O) groups is 1. The molecule has 6 heteroatoms. The van der Waals surface area contributed by atoms with Gasteiger partial charge in [0.15, 0.2) is 0 Å². The van der Waals surface area contributed by atoms with Crippen molar-refractivity contribution in [2.24, 2.45) is 0 Å². The second-order valence-electron chi connectivity index (χ2n) is 6.80. The molecular formula is C18H26ClN3O2. The summed E-state index contributed by atoms with van der Waals surface area (Å²) in [4.78, 5) is 15.2. The van der Waals surface area contributed by atoms with Gasteiger partial charge in [-0.25, -0.2) is 0 Å². The second kappa shape index (κ2) is 7.62. The number of anilines is 1. The summed E-state index contributed by atoms with van der Waals surface area (Å²) in [5.41, 5.74) is 6.63. The minimum absolute atomic E-state index is 0.145. The lowest BCUT2D eigenvalue weighted by Crippen LogP contribution is -2.47. The van der Waals surface area contributed by atoms with Gasteiger partial charge in [-0.2, -0.15) is 0 Å². The summed E-state index contributed by atoms with van der Waals surface area (Å²) < 4.78 is 5.27. The molecule has 132 valence electrons. The molecule has 1 saturated heterocycles. The molecule has 0 atom stereocenters. The number of ether oxygens (including phenoxy) is 1. The number of methoxy groups -OCH3 is 1. The Balaban J connectivity index is 1.59. The predicted molar refractivity (Wildman–Crippen MR) is 96.7 cm³/mol. The van der Waals surface area contributed by atoms with Crippen LogP contribution in [-0.2, 0) is 0 Å². The van der Waals surface area contributed by atoms with Crippen LogP contribution in [0.5, 0.6) is 5.75 Å². The third kappa shape index (κ3) is 3.78. The minimum Gasteiger partial charge on any atom is -0.496 e. The van der Waals surface area contributed by atoms with E-state index in [0.29, 0.717) is 22.0 Å². The van der Waals surface area contributed by atoms with E-state index in [0.717, 1.165) is 32.0 Å². The number of hydrogen-bond acceptors (Lipinski definition) is 4. The first-order valence-corrected chi connectivity index (χ1v) is 9.14. The van der Waals surface area contributed by atoms with Gasteiger partial charge in [0.2, 0.25) is 0 Å². The Kier molecular flexibility index (Phi) is 5.51. The molecule has 24 heavy (non-hydrogen) atoms. The number of amides is 1. The number of rotatable bonds is 4. The summed E-state index contributed by atoms with van der Waals surface area (Å²) in [6.45, 7) is 2.13. The molecule has 1 saturated carbocycles. The van der Waals surface area contributed by atoms with Crippen molar-refractivity contribution in [3.63, 3.8) is 0 Å². The van der Waals surface area contributed by atoms with Crippen molar-refractivity contribution in [3.05, 3.63) is 22.7 Å². The molecule has 1 aromatic carbocycles. The SMILES string of the molecule is COc1cc(N)c(Cl)cc1C(=O)NC1CCN(C2CCCC2)CC1. The number of piperidine rings is 1. The molecule has 0 bridgehead atoms. The summed E-state index contributed by atoms with van der Waals surface area (Å²) in [7, 11) is 1.53. The maximum atomic E-state index is 12.6. The highest BCUT2D eigenvalue weighted by atomic mass is 35.5. The van der Waals surface area contributed by atoms with Crippen LogP contribution in [0.3, 0.4) is 0 Å². The summed E-state index contributed by atoms with van der Waals surface area (Å²) in [6, 6.07) is 4.15. The fourth-order valence-corrected chi connectivity index (χ4v) is 4.02. The van der Waals surface area contributed by atoms with Gasteiger partial charge in [-0.05, 0) is 31.7 Å². The number of nitrogens with one attached hydrogen (secondary N) is 1. The number of likely N-dealkylation sites (tertiary alicyclic amines) is 1. The fourth-order valence-electron chi connectivity index (χ4n) is 3.86. The number of nitrogens with zero attached hydrogens (tertiary/aromatic N) is 1. The first kappa shape index (κ1) is 17.4. The van der Waals surface area contributed by atoms with Crippen molar-refractivity contribution in [1.29, 1.82) is 0 Å². The van der Waals surface area contributed by atoms with E-state index < -0.39 is 0 Å². The molecule has 1 heterocycles. The van der Waals surface area contributed by atoms with Gasteiger partial charge in [0.05, 0.1) is 23.4 Å². The molecule has 2 aliphatic rings. The zero-order chi connectivity index (χ0) is 17.1. The molecule has 3 N–H and O–H groups in total. The standard InChI is InChI=1S/C18H26ClN3O2/c1-24-17-11-16(20)15(19)10-14(17)18(23)21-12-6-8-22(9-7-12)13-4-2-3-5-13/h10-13H,2-9,20H2,1H3,(H,21,23). The van der Waals surface area contributed by atoms with Crippen molar-refractivity contribution in [2.75, 3.05) is 25.9 Å². The highest BCUT2D eigenvalue weighted by Crippen LogP contribution is 2.29. The Morgan fingerprint density at radius 2 is 1.92 bits per heavy atom. The maximum absolute atomic E-state index is 12.6. The summed E-state index contributed by atoms with van der Waals surface area (Å²) in [6.07, 6.45) is 7.37. The zero-order valence-electron chi connectivity index (χ0n) is 14.2. The monoisotopic (exact) mass is 351 g/mol. The van der Waals surface area contributed by atoms with E-state index >= 15 is 0 Å². The van der Waals surface area contributed by atoms with E-state index in [4.69, 9.17) is 22.1 Å². The van der Waals surface area contributed by atoms with Gasteiger partial charge >= 0.3 is 0 Å². The van der Waals surface area contributed by atoms with Crippen molar-refractivity contribution in [1.82, 2.24) is 10.2 Å². The van der Waals surface area contributed by atoms with Crippen molar-refractivity contribution in [3.8, 4) is 5.75 Å². The highest BCUT2D eigenvalue weighted by Gasteiger charge is 2.28. The first-order chi connectivity index (χ1) is 11.6. The third-order valence-corrected chi connectivity index (χ3v) is 5.60. The normalized spacial score (nSPS) is 20.2. The number of nitrogens with two attached hydrogens (primary N) is 1. The molecule has 1 aliphatic carbocycles. The molecular weight excluding hydrogens is 326 g/mol. The Morgan fingerprint density at radius 1 is 1.25 bits per heavy atom. The zero-order valence-corrected chi connectivity index (χ0v) is 14.9. The van der Waals surface area contributed by atoms with Crippen LogP contribution < -0.4 is 15.8 Å². The van der Waals surface area contributed by atoms with E-state index in [9.17, 15) is 4.79 Å². The van der Waals surface area contributed by atoms with Crippen LogP contribution in [-0.4, -0.2) is 43.1 Å². The average Bonchev–Trinajstić information content (AvgIpc) is 3.12. The van der Waals surface area contributed by atoms with Crippen LogP contribution in [0, 0.1) is 0 Å². The molecule has 0 spiro atoms. The molecule has 0 radical (unpaired) electrons. The summed E-state index contributed by atoms with van der Waals surface area (Å²) in [5.74, 6) is 0.311. The van der Waals surface area contributed by atoms with Gasteiger partial charge < -0.3 is 20.7 Å². The molecule has 0 aromatic heterocycles. The van der Waals surface area contributed by atoms with E-state index in [1.165, 1.54) is 32.8 Å². The molecule has 1 aliphatic heterocycles. The first-order valence-electron chi connectivity index (χ1n) is 8.76. The van der Waals surface area contributed by atoms with Gasteiger partial charge in [0.1, 0.15) is 5.75 Å². The lowest BCUT2D eigenvalue weighted by Gasteiger charge is -2.36. The van der Waals surface area contributed by atoms with Crippen LogP contribution in [0.1, 0.15) is 48.9 Å². The topological polar surface area (TPSA) is 67.6 Å². The molecule has 1 amide bonds. The smallest absolute Gasteiger partial charge is 0.255 e. The van der Waals surface area contributed by atoms with E-state index in [1.54, 1.807) is 12.1 Å². The Bertz CT molecular complexity index is 594. The molecule has 1 aromatic rings. The summed E-state index contributed by atoms with van der Waals surface area (Å²) >= 11 is 6.05. The van der Waals surface area contributed by atoms with Crippen molar-refractivity contribution >= 4 is 23.2 Å². The number of nitrogen functional groups attached to an aromatic ring is 1. The van der Waals surface area contributed by atoms with Crippen LogP contribution in [0.25, 0.3) is 0 Å². The van der Waals surface area contributed by atoms with Gasteiger partial charge in [-0.1, -0.05) is 24.4 Å². The molecule has 3 rings (SSSR count). The lowest BCUT2D eigenvalue weighted by molar-refractivity contribution is 0.0889. The molecule has 2 fully saturated rings. The number of halogens is 1. The van der Waals surface area contributed by atoms with Crippen molar-refractivity contribution < 1.29 is 9.53 Å². The molecule has 0 unspecified atom stereocenters. The van der Waals surface area contributed by atoms with Gasteiger partial charge in [-0.3, -0.25) is 4.79 Å². The Labute approximate surface area is 148 Å². The number of benzene rings is 1. The average molecular weight is 352 g/mol. The van der Waals surface area contributed by atoms with Crippen LogP contribution in [0.15, 0.2) is 12.1 Å². The third-order valence-electron chi connectivity index (χ3n) is 5.27. The van der Waals surface area contributed by atoms with Gasteiger partial charge in [-0.15, -0.1) is 0 Å². The number of carbonyl (C=O) groups excluding carboxylic acids is 1. The van der Waals surface area contributed by atoms with Crippen LogP contribution in [0.4, 0.5) is 5.69 Å². The second-order valence-corrected chi connectivity index (χ2v) is 7.20. The van der Waals surface area contributed by atoms with E-state index in [1.807, 2.05) is 0 Å². The lowest BCUT2D eigenvalue weighted by atomic mass is 10.0. The van der Waals surface area contributed by atoms with Gasteiger partial charge in [0, 0.05) is 31.2 Å². The Morgan fingerprint density at radius 3 is 2.54 bits per heavy atom. The number of hydrogen-bond donors (Lipinski definition) is 2. The van der Waals surface area contributed by atoms with Crippen LogP contribution in [0.2, 0.25) is 5.02 Å². The highest BCUT2D eigenvalue weighted by molar-refractivity contribution is 6.33. The molecule has 5 nitrogen and oxygen atoms in total. The maximum Gasteiger partial charge on any atom is 0.255 e. The Hall–Kier alpha value is -1.46. The largest absolute Gasteiger partial charge is 0.496 e. The van der Waals surface area contributed by atoms with Crippen LogP contribution >= 0.6 is 11.6 Å². The quantitative estimate of drug-likeness (QED) is 0.818. The van der Waals surface area contributed by atoms with E-state index in [2.05, 4.69) is 10.2 Å². The van der Waals surface area contributed by atoms with Gasteiger partial charge in [0.25, 0.3) is 5.91 Å². The van der Waals surface area contributed by atoms with E-state index in [-0.39, 0.29) is 11.9 Å².